The second-order valence-electron chi connectivity index (χ2n) is 2.68. The van der Waals surface area contributed by atoms with Gasteiger partial charge in [0, 0.05) is 18.0 Å². The number of nitrogens with zero attached hydrogens (tertiary/aromatic N) is 2. The van der Waals surface area contributed by atoms with E-state index in [1.165, 1.54) is 0 Å². The van der Waals surface area contributed by atoms with Crippen LogP contribution in [0.5, 0.6) is 0 Å². The molecule has 4 nitrogen and oxygen atoms in total. The highest BCUT2D eigenvalue weighted by Gasteiger charge is 2.16. The minimum Gasteiger partial charge on any atom is -0.476 e. The van der Waals surface area contributed by atoms with Crippen LogP contribution in [0.4, 0.5) is 0 Å². The predicted octanol–water partition coefficient (Wildman–Crippen LogP) is 2.56. The van der Waals surface area contributed by atoms with Gasteiger partial charge in [0.25, 0.3) is 0 Å². The second-order valence-corrected chi connectivity index (χ2v) is 4.28. The summed E-state index contributed by atoms with van der Waals surface area (Å²) in [5.41, 5.74) is 0.706. The van der Waals surface area contributed by atoms with Crippen LogP contribution in [0.2, 0.25) is 4.34 Å². The summed E-state index contributed by atoms with van der Waals surface area (Å²) >= 11 is 6.89. The van der Waals surface area contributed by atoms with E-state index in [-0.39, 0.29) is 10.0 Å². The zero-order valence-corrected chi connectivity index (χ0v) is 8.92. The van der Waals surface area contributed by atoms with Crippen molar-refractivity contribution in [3.63, 3.8) is 0 Å². The van der Waals surface area contributed by atoms with E-state index in [2.05, 4.69) is 9.97 Å². The molecule has 0 aliphatic heterocycles. The first-order chi connectivity index (χ1) is 7.18. The first-order valence-corrected chi connectivity index (χ1v) is 5.18. The maximum Gasteiger partial charge on any atom is 0.356 e. The van der Waals surface area contributed by atoms with Crippen LogP contribution < -0.4 is 0 Å². The number of pyridine rings is 1. The van der Waals surface area contributed by atoms with Crippen molar-refractivity contribution in [1.29, 1.82) is 0 Å². The molecule has 1 N–H and O–H groups in total. The number of aromatic nitrogens is 2. The molecule has 0 aliphatic carbocycles. The smallest absolute Gasteiger partial charge is 0.356 e. The molecule has 2 aromatic heterocycles. The van der Waals surface area contributed by atoms with Gasteiger partial charge in [0.05, 0.1) is 0 Å². The number of carboxylic acids is 1. The maximum atomic E-state index is 10.7. The van der Waals surface area contributed by atoms with Gasteiger partial charge in [-0.1, -0.05) is 11.6 Å². The lowest BCUT2D eigenvalue weighted by Crippen LogP contribution is -1.96. The quantitative estimate of drug-likeness (QED) is 0.876. The van der Waals surface area contributed by atoms with Crippen LogP contribution in [0.25, 0.3) is 10.6 Å². The van der Waals surface area contributed by atoms with Crippen molar-refractivity contribution >= 4 is 28.9 Å². The van der Waals surface area contributed by atoms with Crippen LogP contribution in [0.1, 0.15) is 10.5 Å². The summed E-state index contributed by atoms with van der Waals surface area (Å²) in [7, 11) is 0. The van der Waals surface area contributed by atoms with Crippen molar-refractivity contribution in [3.05, 3.63) is 34.6 Å². The second kappa shape index (κ2) is 3.96. The highest BCUT2D eigenvalue weighted by atomic mass is 35.5. The summed E-state index contributed by atoms with van der Waals surface area (Å²) < 4.78 is 0.189. The lowest BCUT2D eigenvalue weighted by molar-refractivity contribution is 0.0691. The molecule has 0 saturated carbocycles. The van der Waals surface area contributed by atoms with Gasteiger partial charge >= 0.3 is 5.97 Å². The summed E-state index contributed by atoms with van der Waals surface area (Å²) in [6, 6.07) is 3.50. The fraction of sp³-hybridized carbons (Fsp3) is 0. The Morgan fingerprint density at radius 2 is 2.07 bits per heavy atom. The van der Waals surface area contributed by atoms with Gasteiger partial charge in [-0.25, -0.2) is 9.78 Å². The number of carboxylic acid groups (broad SMARTS) is 1. The van der Waals surface area contributed by atoms with Gasteiger partial charge in [-0.05, 0) is 12.1 Å². The standard InChI is InChI=1S/C9H5ClN2O2S/c10-7-6(9(13)14)12-8(15-7)5-1-3-11-4-2-5/h1-4H,(H,13,14). The van der Waals surface area contributed by atoms with Crippen LogP contribution >= 0.6 is 22.9 Å². The zero-order chi connectivity index (χ0) is 10.8. The summed E-state index contributed by atoms with van der Waals surface area (Å²) in [5.74, 6) is -1.11. The molecule has 6 heteroatoms. The molecule has 0 fully saturated rings. The van der Waals surface area contributed by atoms with Crippen molar-refractivity contribution in [1.82, 2.24) is 9.97 Å². The molecule has 0 aromatic carbocycles. The molecule has 0 amide bonds. The van der Waals surface area contributed by atoms with Crippen molar-refractivity contribution in [2.75, 3.05) is 0 Å². The molecule has 0 spiro atoms. The number of halogens is 1. The number of carbonyl (C=O) groups is 1. The van der Waals surface area contributed by atoms with E-state index >= 15 is 0 Å². The third kappa shape index (κ3) is 1.98. The van der Waals surface area contributed by atoms with Crippen LogP contribution in [0, 0.1) is 0 Å². The van der Waals surface area contributed by atoms with Crippen LogP contribution in [-0.2, 0) is 0 Å². The number of hydrogen-bond donors (Lipinski definition) is 1. The number of hydrogen-bond acceptors (Lipinski definition) is 4. The Balaban J connectivity index is 2.48. The molecule has 15 heavy (non-hydrogen) atoms. The maximum absolute atomic E-state index is 10.7. The van der Waals surface area contributed by atoms with Gasteiger partial charge in [-0.3, -0.25) is 4.98 Å². The normalized spacial score (nSPS) is 10.2. The first-order valence-electron chi connectivity index (χ1n) is 3.98. The zero-order valence-electron chi connectivity index (χ0n) is 7.35. The molecule has 0 unspecified atom stereocenters. The van der Waals surface area contributed by atoms with Crippen molar-refractivity contribution < 1.29 is 9.90 Å². The fourth-order valence-electron chi connectivity index (χ4n) is 1.05. The third-order valence-electron chi connectivity index (χ3n) is 1.72. The molecule has 76 valence electrons. The minimum atomic E-state index is -1.11. The van der Waals surface area contributed by atoms with Gasteiger partial charge < -0.3 is 5.11 Å². The average molecular weight is 241 g/mol. The monoisotopic (exact) mass is 240 g/mol. The van der Waals surface area contributed by atoms with Gasteiger partial charge in [0.2, 0.25) is 0 Å². The Kier molecular flexibility index (Phi) is 2.66. The summed E-state index contributed by atoms with van der Waals surface area (Å²) in [6.45, 7) is 0. The Labute approximate surface area is 94.2 Å². The topological polar surface area (TPSA) is 63.1 Å². The van der Waals surface area contributed by atoms with Gasteiger partial charge in [0.1, 0.15) is 9.34 Å². The Morgan fingerprint density at radius 1 is 1.40 bits per heavy atom. The van der Waals surface area contributed by atoms with E-state index in [1.54, 1.807) is 24.5 Å². The Morgan fingerprint density at radius 3 is 2.60 bits per heavy atom. The minimum absolute atomic E-state index is 0.103. The van der Waals surface area contributed by atoms with Gasteiger partial charge in [-0.15, -0.1) is 11.3 Å². The van der Waals surface area contributed by atoms with Crippen LogP contribution in [-0.4, -0.2) is 21.0 Å². The SMILES string of the molecule is O=C(O)c1nc(-c2ccncc2)sc1Cl. The highest BCUT2D eigenvalue weighted by molar-refractivity contribution is 7.19. The lowest BCUT2D eigenvalue weighted by Gasteiger charge is -1.92. The number of thiazole rings is 1. The van der Waals surface area contributed by atoms with E-state index in [0.717, 1.165) is 16.9 Å². The molecule has 0 aliphatic rings. The van der Waals surface area contributed by atoms with E-state index < -0.39 is 5.97 Å². The van der Waals surface area contributed by atoms with E-state index in [1.807, 2.05) is 0 Å². The third-order valence-corrected chi connectivity index (χ3v) is 3.02. The summed E-state index contributed by atoms with van der Waals surface area (Å²) in [4.78, 5) is 18.5. The molecule has 2 rings (SSSR count). The van der Waals surface area contributed by atoms with Crippen LogP contribution in [0.3, 0.4) is 0 Å². The summed E-state index contributed by atoms with van der Waals surface area (Å²) in [6.07, 6.45) is 3.23. The van der Waals surface area contributed by atoms with E-state index in [0.29, 0.717) is 5.01 Å². The van der Waals surface area contributed by atoms with Gasteiger partial charge in [-0.2, -0.15) is 0 Å². The van der Waals surface area contributed by atoms with Crippen LogP contribution in [0.15, 0.2) is 24.5 Å². The Hall–Kier alpha value is -1.46. The average Bonchev–Trinajstić information content (AvgIpc) is 2.62. The molecule has 0 radical (unpaired) electrons. The number of rotatable bonds is 2. The van der Waals surface area contributed by atoms with Gasteiger partial charge in [0.15, 0.2) is 5.69 Å². The molecule has 0 bridgehead atoms. The van der Waals surface area contributed by atoms with E-state index in [9.17, 15) is 4.79 Å². The van der Waals surface area contributed by atoms with E-state index in [4.69, 9.17) is 16.7 Å². The fourth-order valence-corrected chi connectivity index (χ4v) is 2.18. The Bertz CT molecular complexity index is 498. The molecule has 0 saturated heterocycles. The molecular formula is C9H5ClN2O2S. The molecule has 2 aromatic rings. The molecule has 0 atom stereocenters. The predicted molar refractivity (Wildman–Crippen MR) is 57.3 cm³/mol. The van der Waals surface area contributed by atoms with Crippen molar-refractivity contribution in [2.24, 2.45) is 0 Å². The first kappa shape index (κ1) is 10.1. The highest BCUT2D eigenvalue weighted by Crippen LogP contribution is 2.31. The molecular weight excluding hydrogens is 236 g/mol. The largest absolute Gasteiger partial charge is 0.476 e. The lowest BCUT2D eigenvalue weighted by atomic mass is 10.3. The number of aromatic carboxylic acids is 1. The van der Waals surface area contributed by atoms with Crippen molar-refractivity contribution in [2.45, 2.75) is 0 Å². The molecule has 2 heterocycles. The summed E-state index contributed by atoms with van der Waals surface area (Å²) in [5, 5.41) is 9.36. The van der Waals surface area contributed by atoms with Crippen molar-refractivity contribution in [3.8, 4) is 10.6 Å².